The highest BCUT2D eigenvalue weighted by molar-refractivity contribution is 6.04. The number of aromatic nitrogens is 2. The number of carbonyl (C=O) groups is 1. The van der Waals surface area contributed by atoms with Gasteiger partial charge in [0.2, 0.25) is 0 Å². The lowest BCUT2D eigenvalue weighted by Gasteiger charge is -2.07. The first-order valence-electron chi connectivity index (χ1n) is 7.39. The zero-order chi connectivity index (χ0) is 16.2. The van der Waals surface area contributed by atoms with Gasteiger partial charge in [-0.1, -0.05) is 36.4 Å². The fraction of sp³-hybridized carbons (Fsp3) is 0.105. The minimum atomic E-state index is -0.213. The monoisotopic (exact) mass is 303 g/mol. The third-order valence-corrected chi connectivity index (χ3v) is 3.43. The molecule has 0 aliphatic heterocycles. The SMILES string of the molecule is Cc1cc(C)cc(NC(=O)c2cnc(-c3ccccc3)nc2)c1. The van der Waals surface area contributed by atoms with Gasteiger partial charge in [-0.3, -0.25) is 4.79 Å². The molecular formula is C19H17N3O. The Kier molecular flexibility index (Phi) is 4.15. The number of nitrogens with one attached hydrogen (secondary N) is 1. The quantitative estimate of drug-likeness (QED) is 0.795. The first-order valence-corrected chi connectivity index (χ1v) is 7.39. The molecule has 0 spiro atoms. The minimum Gasteiger partial charge on any atom is -0.322 e. The van der Waals surface area contributed by atoms with E-state index in [1.165, 1.54) is 0 Å². The van der Waals surface area contributed by atoms with Crippen LogP contribution >= 0.6 is 0 Å². The standard InChI is InChI=1S/C19H17N3O/c1-13-8-14(2)10-17(9-13)22-19(23)16-11-20-18(21-12-16)15-6-4-3-5-7-15/h3-12H,1-2H3,(H,22,23). The third kappa shape index (κ3) is 3.61. The van der Waals surface area contributed by atoms with Crippen molar-refractivity contribution < 1.29 is 4.79 Å². The van der Waals surface area contributed by atoms with E-state index in [4.69, 9.17) is 0 Å². The predicted molar refractivity (Wildman–Crippen MR) is 91.3 cm³/mol. The number of amides is 1. The van der Waals surface area contributed by atoms with Gasteiger partial charge in [-0.25, -0.2) is 9.97 Å². The maximum Gasteiger partial charge on any atom is 0.258 e. The van der Waals surface area contributed by atoms with E-state index in [1.54, 1.807) is 12.4 Å². The molecule has 4 nitrogen and oxygen atoms in total. The number of hydrogen-bond acceptors (Lipinski definition) is 3. The fourth-order valence-corrected chi connectivity index (χ4v) is 2.43. The third-order valence-electron chi connectivity index (χ3n) is 3.43. The second-order valence-corrected chi connectivity index (χ2v) is 5.49. The Hall–Kier alpha value is -3.01. The molecule has 114 valence electrons. The van der Waals surface area contributed by atoms with Gasteiger partial charge in [-0.05, 0) is 37.1 Å². The highest BCUT2D eigenvalue weighted by Gasteiger charge is 2.09. The number of carbonyl (C=O) groups excluding carboxylic acids is 1. The molecule has 1 heterocycles. The van der Waals surface area contributed by atoms with Gasteiger partial charge in [0.05, 0.1) is 5.56 Å². The Labute approximate surface area is 135 Å². The van der Waals surface area contributed by atoms with E-state index >= 15 is 0 Å². The highest BCUT2D eigenvalue weighted by atomic mass is 16.1. The molecule has 4 heteroatoms. The number of benzene rings is 2. The average Bonchev–Trinajstić information content (AvgIpc) is 2.55. The summed E-state index contributed by atoms with van der Waals surface area (Å²) in [6, 6.07) is 15.6. The second kappa shape index (κ2) is 6.40. The van der Waals surface area contributed by atoms with Gasteiger partial charge in [0, 0.05) is 23.6 Å². The number of hydrogen-bond donors (Lipinski definition) is 1. The molecule has 0 saturated carbocycles. The summed E-state index contributed by atoms with van der Waals surface area (Å²) in [6.07, 6.45) is 3.10. The fourth-order valence-electron chi connectivity index (χ4n) is 2.43. The van der Waals surface area contributed by atoms with E-state index in [-0.39, 0.29) is 5.91 Å². The molecule has 0 fully saturated rings. The van der Waals surface area contributed by atoms with E-state index in [2.05, 4.69) is 21.4 Å². The molecule has 0 aliphatic carbocycles. The number of aryl methyl sites for hydroxylation is 2. The largest absolute Gasteiger partial charge is 0.322 e. The van der Waals surface area contributed by atoms with Crippen LogP contribution in [0.1, 0.15) is 21.5 Å². The lowest BCUT2D eigenvalue weighted by Crippen LogP contribution is -2.13. The summed E-state index contributed by atoms with van der Waals surface area (Å²) >= 11 is 0. The summed E-state index contributed by atoms with van der Waals surface area (Å²) in [4.78, 5) is 20.8. The first kappa shape index (κ1) is 14.9. The van der Waals surface area contributed by atoms with Crippen LogP contribution in [-0.2, 0) is 0 Å². The van der Waals surface area contributed by atoms with E-state index in [1.807, 2.05) is 56.3 Å². The van der Waals surface area contributed by atoms with E-state index in [0.29, 0.717) is 11.4 Å². The molecule has 3 aromatic rings. The van der Waals surface area contributed by atoms with Gasteiger partial charge in [-0.2, -0.15) is 0 Å². The topological polar surface area (TPSA) is 54.9 Å². The van der Waals surface area contributed by atoms with Crippen LogP contribution in [-0.4, -0.2) is 15.9 Å². The van der Waals surface area contributed by atoms with Crippen LogP contribution in [0.4, 0.5) is 5.69 Å². The zero-order valence-corrected chi connectivity index (χ0v) is 13.1. The Morgan fingerprint density at radius 1 is 0.913 bits per heavy atom. The van der Waals surface area contributed by atoms with Gasteiger partial charge in [-0.15, -0.1) is 0 Å². The Morgan fingerprint density at radius 3 is 2.13 bits per heavy atom. The van der Waals surface area contributed by atoms with Crippen molar-refractivity contribution in [2.24, 2.45) is 0 Å². The summed E-state index contributed by atoms with van der Waals surface area (Å²) in [7, 11) is 0. The molecule has 0 aliphatic rings. The Morgan fingerprint density at radius 2 is 1.52 bits per heavy atom. The van der Waals surface area contributed by atoms with Gasteiger partial charge in [0.1, 0.15) is 0 Å². The summed E-state index contributed by atoms with van der Waals surface area (Å²) < 4.78 is 0. The van der Waals surface area contributed by atoms with Crippen LogP contribution in [0.3, 0.4) is 0 Å². The summed E-state index contributed by atoms with van der Waals surface area (Å²) in [5.74, 6) is 0.392. The van der Waals surface area contributed by atoms with Crippen LogP contribution in [0, 0.1) is 13.8 Å². The molecule has 1 aromatic heterocycles. The van der Waals surface area contributed by atoms with Crippen molar-refractivity contribution in [1.29, 1.82) is 0 Å². The molecule has 1 amide bonds. The normalized spacial score (nSPS) is 10.3. The van der Waals surface area contributed by atoms with E-state index in [0.717, 1.165) is 22.4 Å². The number of nitrogens with zero attached hydrogens (tertiary/aromatic N) is 2. The summed E-state index contributed by atoms with van der Waals surface area (Å²) in [6.45, 7) is 4.00. The van der Waals surface area contributed by atoms with Crippen molar-refractivity contribution >= 4 is 11.6 Å². The molecule has 1 N–H and O–H groups in total. The van der Waals surface area contributed by atoms with Crippen molar-refractivity contribution in [1.82, 2.24) is 9.97 Å². The van der Waals surface area contributed by atoms with Crippen LogP contribution in [0.15, 0.2) is 60.9 Å². The van der Waals surface area contributed by atoms with Crippen molar-refractivity contribution in [2.75, 3.05) is 5.32 Å². The van der Waals surface area contributed by atoms with Crippen LogP contribution in [0.2, 0.25) is 0 Å². The van der Waals surface area contributed by atoms with Crippen LogP contribution in [0.25, 0.3) is 11.4 Å². The highest BCUT2D eigenvalue weighted by Crippen LogP contribution is 2.16. The molecule has 0 radical (unpaired) electrons. The van der Waals surface area contributed by atoms with Gasteiger partial charge < -0.3 is 5.32 Å². The zero-order valence-electron chi connectivity index (χ0n) is 13.1. The van der Waals surface area contributed by atoms with Crippen molar-refractivity contribution in [2.45, 2.75) is 13.8 Å². The minimum absolute atomic E-state index is 0.213. The Bertz CT molecular complexity index is 807. The average molecular weight is 303 g/mol. The van der Waals surface area contributed by atoms with Crippen molar-refractivity contribution in [3.05, 3.63) is 77.6 Å². The van der Waals surface area contributed by atoms with E-state index < -0.39 is 0 Å². The smallest absolute Gasteiger partial charge is 0.258 e. The molecule has 0 bridgehead atoms. The molecule has 0 unspecified atom stereocenters. The lowest BCUT2D eigenvalue weighted by molar-refractivity contribution is 0.102. The summed E-state index contributed by atoms with van der Waals surface area (Å²) in [5, 5.41) is 2.88. The van der Waals surface area contributed by atoms with Gasteiger partial charge in [0.15, 0.2) is 5.82 Å². The molecular weight excluding hydrogens is 286 g/mol. The maximum atomic E-state index is 12.3. The lowest BCUT2D eigenvalue weighted by atomic mass is 10.1. The predicted octanol–water partition coefficient (Wildman–Crippen LogP) is 4.01. The molecule has 0 saturated heterocycles. The molecule has 2 aromatic carbocycles. The maximum absolute atomic E-state index is 12.3. The van der Waals surface area contributed by atoms with Crippen LogP contribution in [0.5, 0.6) is 0 Å². The number of anilines is 1. The number of rotatable bonds is 3. The molecule has 0 atom stereocenters. The van der Waals surface area contributed by atoms with Gasteiger partial charge in [0.25, 0.3) is 5.91 Å². The molecule has 3 rings (SSSR count). The Balaban J connectivity index is 1.78. The summed E-state index contributed by atoms with van der Waals surface area (Å²) in [5.41, 5.74) is 4.35. The second-order valence-electron chi connectivity index (χ2n) is 5.49. The first-order chi connectivity index (χ1) is 11.1. The van der Waals surface area contributed by atoms with Crippen LogP contribution < -0.4 is 5.32 Å². The molecule has 23 heavy (non-hydrogen) atoms. The van der Waals surface area contributed by atoms with Crippen molar-refractivity contribution in [3.8, 4) is 11.4 Å². The van der Waals surface area contributed by atoms with E-state index in [9.17, 15) is 4.79 Å². The van der Waals surface area contributed by atoms with Crippen molar-refractivity contribution in [3.63, 3.8) is 0 Å². The van der Waals surface area contributed by atoms with Gasteiger partial charge >= 0.3 is 0 Å².